The Kier molecular flexibility index (Phi) is 4.73. The molecule has 0 bridgehead atoms. The fraction of sp³-hybridized carbons (Fsp3) is 0.818. The van der Waals surface area contributed by atoms with Crippen molar-refractivity contribution in [3.8, 4) is 0 Å². The standard InChI is InChI=1S/C11H21N3O2/c1-7(2)5-9(12)11(16)14-8-3-4-10(15)13-6-8/h7-9H,3-6,12H2,1-2H3,(H,13,15)(H,14,16)/t8?,9-/m1/s1. The summed E-state index contributed by atoms with van der Waals surface area (Å²) in [4.78, 5) is 22.6. The average molecular weight is 227 g/mol. The number of carbonyl (C=O) groups excluding carboxylic acids is 2. The van der Waals surface area contributed by atoms with Crippen LogP contribution >= 0.6 is 0 Å². The molecule has 0 aromatic rings. The van der Waals surface area contributed by atoms with Crippen molar-refractivity contribution in [1.82, 2.24) is 10.6 Å². The molecule has 4 N–H and O–H groups in total. The van der Waals surface area contributed by atoms with Gasteiger partial charge in [-0.2, -0.15) is 0 Å². The summed E-state index contributed by atoms with van der Waals surface area (Å²) in [5.74, 6) is 0.346. The van der Waals surface area contributed by atoms with Crippen molar-refractivity contribution in [2.45, 2.75) is 45.2 Å². The van der Waals surface area contributed by atoms with Gasteiger partial charge in [-0.3, -0.25) is 9.59 Å². The van der Waals surface area contributed by atoms with Crippen LogP contribution in [0.1, 0.15) is 33.1 Å². The number of piperidine rings is 1. The SMILES string of the molecule is CC(C)C[C@@H](N)C(=O)NC1CCC(=O)NC1. The second-order valence-electron chi connectivity index (χ2n) is 4.78. The van der Waals surface area contributed by atoms with Crippen molar-refractivity contribution in [1.29, 1.82) is 0 Å². The molecule has 0 aromatic carbocycles. The second-order valence-corrected chi connectivity index (χ2v) is 4.78. The van der Waals surface area contributed by atoms with E-state index in [1.165, 1.54) is 0 Å². The molecule has 0 saturated carbocycles. The summed E-state index contributed by atoms with van der Waals surface area (Å²) in [5, 5.41) is 5.59. The molecule has 0 aromatic heterocycles. The molecule has 1 aliphatic heterocycles. The van der Waals surface area contributed by atoms with E-state index in [9.17, 15) is 9.59 Å². The maximum absolute atomic E-state index is 11.7. The van der Waals surface area contributed by atoms with Crippen molar-refractivity contribution in [3.63, 3.8) is 0 Å². The zero-order valence-electron chi connectivity index (χ0n) is 9.95. The van der Waals surface area contributed by atoms with Gasteiger partial charge in [0.05, 0.1) is 6.04 Å². The predicted molar refractivity (Wildman–Crippen MR) is 61.6 cm³/mol. The molecular formula is C11H21N3O2. The maximum atomic E-state index is 11.7. The van der Waals surface area contributed by atoms with Gasteiger partial charge in [-0.25, -0.2) is 0 Å². The van der Waals surface area contributed by atoms with Gasteiger partial charge in [0, 0.05) is 19.0 Å². The Morgan fingerprint density at radius 3 is 2.81 bits per heavy atom. The van der Waals surface area contributed by atoms with Crippen LogP contribution in [0.25, 0.3) is 0 Å². The zero-order chi connectivity index (χ0) is 12.1. The van der Waals surface area contributed by atoms with Crippen LogP contribution < -0.4 is 16.4 Å². The summed E-state index contributed by atoms with van der Waals surface area (Å²) in [6, 6.07) is -0.416. The highest BCUT2D eigenvalue weighted by molar-refractivity contribution is 5.82. The molecule has 2 atom stereocenters. The van der Waals surface area contributed by atoms with Crippen LogP contribution in [0.3, 0.4) is 0 Å². The number of carbonyl (C=O) groups is 2. The average Bonchev–Trinajstić information content (AvgIpc) is 2.20. The van der Waals surface area contributed by atoms with E-state index in [1.807, 2.05) is 13.8 Å². The molecule has 0 spiro atoms. The largest absolute Gasteiger partial charge is 0.354 e. The lowest BCUT2D eigenvalue weighted by Crippen LogP contribution is -2.52. The summed E-state index contributed by atoms with van der Waals surface area (Å²) >= 11 is 0. The van der Waals surface area contributed by atoms with Gasteiger partial charge >= 0.3 is 0 Å². The molecule has 5 heteroatoms. The first-order valence-electron chi connectivity index (χ1n) is 5.81. The van der Waals surface area contributed by atoms with E-state index in [2.05, 4.69) is 10.6 Å². The third-order valence-corrected chi connectivity index (χ3v) is 2.67. The quantitative estimate of drug-likeness (QED) is 0.619. The van der Waals surface area contributed by atoms with Gasteiger partial charge in [0.25, 0.3) is 0 Å². The van der Waals surface area contributed by atoms with Gasteiger partial charge in [0.15, 0.2) is 0 Å². The lowest BCUT2D eigenvalue weighted by Gasteiger charge is -2.25. The summed E-state index contributed by atoms with van der Waals surface area (Å²) < 4.78 is 0. The first-order valence-corrected chi connectivity index (χ1v) is 5.81. The molecule has 1 heterocycles. The van der Waals surface area contributed by atoms with Crippen LogP contribution in [-0.4, -0.2) is 30.4 Å². The third-order valence-electron chi connectivity index (χ3n) is 2.67. The minimum atomic E-state index is -0.447. The summed E-state index contributed by atoms with van der Waals surface area (Å²) in [6.07, 6.45) is 1.86. The molecule has 1 unspecified atom stereocenters. The van der Waals surface area contributed by atoms with Crippen molar-refractivity contribution >= 4 is 11.8 Å². The summed E-state index contributed by atoms with van der Waals surface area (Å²) in [7, 11) is 0. The molecule has 1 aliphatic rings. The Hall–Kier alpha value is -1.10. The van der Waals surface area contributed by atoms with E-state index in [0.717, 1.165) is 0 Å². The zero-order valence-corrected chi connectivity index (χ0v) is 9.95. The Morgan fingerprint density at radius 1 is 1.62 bits per heavy atom. The monoisotopic (exact) mass is 227 g/mol. The Labute approximate surface area is 96.1 Å². The van der Waals surface area contributed by atoms with Gasteiger partial charge in [-0.1, -0.05) is 13.8 Å². The lowest BCUT2D eigenvalue weighted by atomic mass is 10.0. The first kappa shape index (κ1) is 13.0. The fourth-order valence-electron chi connectivity index (χ4n) is 1.78. The van der Waals surface area contributed by atoms with Crippen LogP contribution in [0.2, 0.25) is 0 Å². The number of nitrogens with one attached hydrogen (secondary N) is 2. The van der Waals surface area contributed by atoms with Gasteiger partial charge in [0.1, 0.15) is 0 Å². The van der Waals surface area contributed by atoms with Gasteiger partial charge in [0.2, 0.25) is 11.8 Å². The van der Waals surface area contributed by atoms with Crippen molar-refractivity contribution in [3.05, 3.63) is 0 Å². The number of hydrogen-bond acceptors (Lipinski definition) is 3. The molecule has 1 rings (SSSR count). The minimum absolute atomic E-state index is 0.0309. The van der Waals surface area contributed by atoms with Gasteiger partial charge in [-0.15, -0.1) is 0 Å². The number of amides is 2. The normalized spacial score (nSPS) is 22.8. The topological polar surface area (TPSA) is 84.2 Å². The van der Waals surface area contributed by atoms with Gasteiger partial charge < -0.3 is 16.4 Å². The highest BCUT2D eigenvalue weighted by Gasteiger charge is 2.22. The number of hydrogen-bond donors (Lipinski definition) is 3. The molecule has 1 saturated heterocycles. The molecule has 2 amide bonds. The lowest BCUT2D eigenvalue weighted by molar-refractivity contribution is -0.126. The van der Waals surface area contributed by atoms with Crippen LogP contribution in [0.15, 0.2) is 0 Å². The fourth-order valence-corrected chi connectivity index (χ4v) is 1.78. The van der Waals surface area contributed by atoms with Crippen LogP contribution in [0, 0.1) is 5.92 Å². The van der Waals surface area contributed by atoms with Crippen molar-refractivity contribution in [2.75, 3.05) is 6.54 Å². The molecule has 1 fully saturated rings. The van der Waals surface area contributed by atoms with Crippen LogP contribution in [0.4, 0.5) is 0 Å². The van der Waals surface area contributed by atoms with E-state index >= 15 is 0 Å². The smallest absolute Gasteiger partial charge is 0.237 e. The number of nitrogens with two attached hydrogens (primary N) is 1. The highest BCUT2D eigenvalue weighted by Crippen LogP contribution is 2.05. The number of rotatable bonds is 4. The predicted octanol–water partition coefficient (Wildman–Crippen LogP) is -0.245. The Bertz CT molecular complexity index is 256. The summed E-state index contributed by atoms with van der Waals surface area (Å²) in [5.41, 5.74) is 5.76. The summed E-state index contributed by atoms with van der Waals surface area (Å²) in [6.45, 7) is 4.58. The molecule has 92 valence electrons. The first-order chi connectivity index (χ1) is 7.49. The third kappa shape index (κ3) is 4.18. The second kappa shape index (κ2) is 5.84. The van der Waals surface area contributed by atoms with Crippen molar-refractivity contribution in [2.24, 2.45) is 11.7 Å². The van der Waals surface area contributed by atoms with E-state index < -0.39 is 6.04 Å². The van der Waals surface area contributed by atoms with E-state index in [-0.39, 0.29) is 17.9 Å². The molecule has 0 aliphatic carbocycles. The van der Waals surface area contributed by atoms with E-state index in [1.54, 1.807) is 0 Å². The van der Waals surface area contributed by atoms with Crippen LogP contribution in [0.5, 0.6) is 0 Å². The Balaban J connectivity index is 2.30. The molecule has 5 nitrogen and oxygen atoms in total. The highest BCUT2D eigenvalue weighted by atomic mass is 16.2. The Morgan fingerprint density at radius 2 is 2.31 bits per heavy atom. The molecular weight excluding hydrogens is 206 g/mol. The van der Waals surface area contributed by atoms with Crippen LogP contribution in [-0.2, 0) is 9.59 Å². The van der Waals surface area contributed by atoms with Gasteiger partial charge in [-0.05, 0) is 18.8 Å². The van der Waals surface area contributed by atoms with Crippen molar-refractivity contribution < 1.29 is 9.59 Å². The molecule has 0 radical (unpaired) electrons. The molecule has 16 heavy (non-hydrogen) atoms. The van der Waals surface area contributed by atoms with E-state index in [4.69, 9.17) is 5.73 Å². The maximum Gasteiger partial charge on any atom is 0.237 e. The minimum Gasteiger partial charge on any atom is -0.354 e. The van der Waals surface area contributed by atoms with E-state index in [0.29, 0.717) is 31.7 Å².